The van der Waals surface area contributed by atoms with Gasteiger partial charge in [-0.2, -0.15) is 0 Å². The number of piperidine rings is 1. The monoisotopic (exact) mass is 263 g/mol. The molecule has 0 spiro atoms. The van der Waals surface area contributed by atoms with Crippen LogP contribution >= 0.6 is 0 Å². The van der Waals surface area contributed by atoms with E-state index in [0.717, 1.165) is 25.8 Å². The number of nitrogens with two attached hydrogens (primary N) is 1. The maximum atomic E-state index is 11.5. The number of sulfone groups is 1. The fourth-order valence-corrected chi connectivity index (χ4v) is 2.86. The predicted molar refractivity (Wildman–Crippen MR) is 66.9 cm³/mol. The molecule has 1 saturated heterocycles. The zero-order chi connectivity index (χ0) is 12.9. The maximum Gasteiger partial charge on any atom is 0.156 e. The summed E-state index contributed by atoms with van der Waals surface area (Å²) in [4.78, 5) is 1.99. The summed E-state index contributed by atoms with van der Waals surface area (Å²) in [5.74, 6) is 0.479. The van der Waals surface area contributed by atoms with E-state index in [2.05, 4.69) is 5.16 Å². The Morgan fingerprint density at radius 3 is 2.82 bits per heavy atom. The number of hydrogen-bond acceptors (Lipinski definition) is 5. The SMILES string of the molecule is CCS(=O)(=O)CCN1CCCCC1C(N)=NO. The van der Waals surface area contributed by atoms with E-state index in [-0.39, 0.29) is 23.4 Å². The lowest BCUT2D eigenvalue weighted by molar-refractivity contribution is 0.196. The number of hydrogen-bond donors (Lipinski definition) is 2. The lowest BCUT2D eigenvalue weighted by Crippen LogP contribution is -2.49. The number of rotatable bonds is 5. The van der Waals surface area contributed by atoms with Crippen LogP contribution in [0.25, 0.3) is 0 Å². The summed E-state index contributed by atoms with van der Waals surface area (Å²) in [6, 6.07) is -0.124. The van der Waals surface area contributed by atoms with Crippen LogP contribution in [0, 0.1) is 0 Å². The Balaban J connectivity index is 2.60. The van der Waals surface area contributed by atoms with E-state index in [9.17, 15) is 8.42 Å². The van der Waals surface area contributed by atoms with E-state index in [4.69, 9.17) is 10.9 Å². The predicted octanol–water partition coefficient (Wildman–Crippen LogP) is 0.0220. The number of likely N-dealkylation sites (tertiary alicyclic amines) is 1. The van der Waals surface area contributed by atoms with Crippen LogP contribution in [-0.4, -0.2) is 55.0 Å². The first-order chi connectivity index (χ1) is 8.00. The molecule has 0 saturated carbocycles. The second kappa shape index (κ2) is 6.20. The first-order valence-corrected chi connectivity index (χ1v) is 7.74. The molecule has 1 heterocycles. The molecule has 0 aromatic carbocycles. The van der Waals surface area contributed by atoms with Gasteiger partial charge in [-0.3, -0.25) is 4.90 Å². The van der Waals surface area contributed by atoms with Gasteiger partial charge in [-0.15, -0.1) is 0 Å². The van der Waals surface area contributed by atoms with E-state index >= 15 is 0 Å². The first-order valence-electron chi connectivity index (χ1n) is 5.92. The van der Waals surface area contributed by atoms with Crippen molar-refractivity contribution in [2.24, 2.45) is 10.9 Å². The van der Waals surface area contributed by atoms with Gasteiger partial charge in [0, 0.05) is 12.3 Å². The third-order valence-corrected chi connectivity index (χ3v) is 4.88. The Labute approximate surface area is 102 Å². The lowest BCUT2D eigenvalue weighted by Gasteiger charge is -2.34. The molecule has 1 aliphatic heterocycles. The van der Waals surface area contributed by atoms with Gasteiger partial charge in [0.25, 0.3) is 0 Å². The van der Waals surface area contributed by atoms with Gasteiger partial charge in [0.15, 0.2) is 15.7 Å². The molecule has 0 aromatic rings. The van der Waals surface area contributed by atoms with E-state index in [1.807, 2.05) is 4.90 Å². The highest BCUT2D eigenvalue weighted by molar-refractivity contribution is 7.91. The van der Waals surface area contributed by atoms with Crippen LogP contribution in [0.15, 0.2) is 5.16 Å². The van der Waals surface area contributed by atoms with E-state index in [1.54, 1.807) is 6.92 Å². The van der Waals surface area contributed by atoms with Gasteiger partial charge in [0.05, 0.1) is 11.8 Å². The maximum absolute atomic E-state index is 11.5. The van der Waals surface area contributed by atoms with Crippen LogP contribution in [0.3, 0.4) is 0 Å². The summed E-state index contributed by atoms with van der Waals surface area (Å²) < 4.78 is 22.9. The molecule has 1 rings (SSSR count). The van der Waals surface area contributed by atoms with Crippen molar-refractivity contribution in [2.45, 2.75) is 32.2 Å². The van der Waals surface area contributed by atoms with Crippen LogP contribution in [0.5, 0.6) is 0 Å². The molecule has 3 N–H and O–H groups in total. The van der Waals surface area contributed by atoms with Crippen LogP contribution < -0.4 is 5.73 Å². The first kappa shape index (κ1) is 14.2. The van der Waals surface area contributed by atoms with Crippen molar-refractivity contribution in [1.82, 2.24) is 4.90 Å². The van der Waals surface area contributed by atoms with Crippen LogP contribution in [0.1, 0.15) is 26.2 Å². The summed E-state index contributed by atoms with van der Waals surface area (Å²) in [5, 5.41) is 11.7. The normalized spacial score (nSPS) is 23.8. The Kier molecular flexibility index (Phi) is 5.20. The largest absolute Gasteiger partial charge is 0.409 e. The molecule has 17 heavy (non-hydrogen) atoms. The van der Waals surface area contributed by atoms with Crippen molar-refractivity contribution in [1.29, 1.82) is 0 Å². The molecule has 0 radical (unpaired) electrons. The van der Waals surface area contributed by atoms with Gasteiger partial charge in [0.1, 0.15) is 0 Å². The average molecular weight is 263 g/mol. The van der Waals surface area contributed by atoms with Crippen molar-refractivity contribution in [3.63, 3.8) is 0 Å². The minimum absolute atomic E-state index is 0.124. The van der Waals surface area contributed by atoms with Gasteiger partial charge in [-0.1, -0.05) is 18.5 Å². The molecule has 7 heteroatoms. The van der Waals surface area contributed by atoms with Gasteiger partial charge >= 0.3 is 0 Å². The van der Waals surface area contributed by atoms with Crippen LogP contribution in [0.4, 0.5) is 0 Å². The highest BCUT2D eigenvalue weighted by Crippen LogP contribution is 2.17. The standard InChI is InChI=1S/C10H21N3O3S/c1-2-17(15,16)8-7-13-6-4-3-5-9(13)10(11)12-14/h9,14H,2-8H2,1H3,(H2,11,12). The fourth-order valence-electron chi connectivity index (χ4n) is 2.06. The van der Waals surface area contributed by atoms with Crippen molar-refractivity contribution in [2.75, 3.05) is 24.6 Å². The zero-order valence-electron chi connectivity index (χ0n) is 10.2. The topological polar surface area (TPSA) is 96.0 Å². The van der Waals surface area contributed by atoms with Gasteiger partial charge in [-0.05, 0) is 19.4 Å². The van der Waals surface area contributed by atoms with Crippen LogP contribution in [-0.2, 0) is 9.84 Å². The number of oxime groups is 1. The van der Waals surface area contributed by atoms with Gasteiger partial charge in [-0.25, -0.2) is 8.42 Å². The summed E-state index contributed by atoms with van der Waals surface area (Å²) >= 11 is 0. The summed E-state index contributed by atoms with van der Waals surface area (Å²) in [7, 11) is -2.96. The molecule has 1 aliphatic rings. The molecule has 0 bridgehead atoms. The highest BCUT2D eigenvalue weighted by atomic mass is 32.2. The number of nitrogens with zero attached hydrogens (tertiary/aromatic N) is 2. The summed E-state index contributed by atoms with van der Waals surface area (Å²) in [6.45, 7) is 2.91. The van der Waals surface area contributed by atoms with Crippen molar-refractivity contribution in [3.05, 3.63) is 0 Å². The smallest absolute Gasteiger partial charge is 0.156 e. The molecule has 0 aromatic heterocycles. The van der Waals surface area contributed by atoms with Crippen LogP contribution in [0.2, 0.25) is 0 Å². The Morgan fingerprint density at radius 1 is 1.53 bits per heavy atom. The lowest BCUT2D eigenvalue weighted by atomic mass is 10.0. The molecule has 100 valence electrons. The third-order valence-electron chi connectivity index (χ3n) is 3.20. The molecule has 0 amide bonds. The second-order valence-electron chi connectivity index (χ2n) is 4.31. The number of amidine groups is 1. The zero-order valence-corrected chi connectivity index (χ0v) is 11.0. The Morgan fingerprint density at radius 2 is 2.24 bits per heavy atom. The summed E-state index contributed by atoms with van der Waals surface area (Å²) in [5.41, 5.74) is 5.62. The minimum atomic E-state index is -2.96. The third kappa shape index (κ3) is 4.16. The Bertz CT molecular complexity index is 367. The van der Waals surface area contributed by atoms with E-state index in [0.29, 0.717) is 6.54 Å². The second-order valence-corrected chi connectivity index (χ2v) is 6.78. The van der Waals surface area contributed by atoms with Crippen molar-refractivity contribution < 1.29 is 13.6 Å². The van der Waals surface area contributed by atoms with Crippen molar-refractivity contribution >= 4 is 15.7 Å². The van der Waals surface area contributed by atoms with E-state index in [1.165, 1.54) is 0 Å². The van der Waals surface area contributed by atoms with Gasteiger partial charge < -0.3 is 10.9 Å². The Hall–Kier alpha value is -0.820. The van der Waals surface area contributed by atoms with Crippen molar-refractivity contribution in [3.8, 4) is 0 Å². The molecule has 1 atom stereocenters. The molecular formula is C10H21N3O3S. The van der Waals surface area contributed by atoms with E-state index < -0.39 is 9.84 Å². The quantitative estimate of drug-likeness (QED) is 0.315. The summed E-state index contributed by atoms with van der Waals surface area (Å²) in [6.07, 6.45) is 2.88. The molecule has 0 aliphatic carbocycles. The minimum Gasteiger partial charge on any atom is -0.409 e. The highest BCUT2D eigenvalue weighted by Gasteiger charge is 2.26. The molecule has 1 fully saturated rings. The van der Waals surface area contributed by atoms with Gasteiger partial charge in [0.2, 0.25) is 0 Å². The molecule has 6 nitrogen and oxygen atoms in total. The molecule has 1 unspecified atom stereocenters. The fraction of sp³-hybridized carbons (Fsp3) is 0.900. The average Bonchev–Trinajstić information content (AvgIpc) is 2.36. The molecular weight excluding hydrogens is 242 g/mol.